The fraction of sp³-hybridized carbons (Fsp3) is 0.200. The number of benzene rings is 2. The van der Waals surface area contributed by atoms with E-state index in [2.05, 4.69) is 30.2 Å². The molecule has 4 rings (SSSR count). The van der Waals surface area contributed by atoms with Gasteiger partial charge in [0.25, 0.3) is 0 Å². The van der Waals surface area contributed by atoms with Gasteiger partial charge in [0.2, 0.25) is 5.91 Å². The molecule has 152 valence electrons. The Morgan fingerprint density at radius 3 is 2.77 bits per heavy atom. The number of ether oxygens (including phenoxy) is 1. The predicted octanol–water partition coefficient (Wildman–Crippen LogP) is 4.88. The van der Waals surface area contributed by atoms with E-state index in [-0.39, 0.29) is 12.3 Å². The first-order valence-corrected chi connectivity index (χ1v) is 9.94. The highest BCUT2D eigenvalue weighted by molar-refractivity contribution is 5.88. The SMILES string of the molecule is Cc1cc2occ(CC(=O)NCc3cccc(OCc4ccccn4)c3)c2cc1C. The lowest BCUT2D eigenvalue weighted by molar-refractivity contribution is -0.120. The van der Waals surface area contributed by atoms with Crippen molar-refractivity contribution in [3.63, 3.8) is 0 Å². The molecule has 0 bridgehead atoms. The third-order valence-electron chi connectivity index (χ3n) is 5.12. The molecule has 2 heterocycles. The number of fused-ring (bicyclic) bond motifs is 1. The summed E-state index contributed by atoms with van der Waals surface area (Å²) in [4.78, 5) is 16.7. The number of hydrogen-bond acceptors (Lipinski definition) is 4. The van der Waals surface area contributed by atoms with Gasteiger partial charge in [0.05, 0.1) is 18.4 Å². The average Bonchev–Trinajstić information content (AvgIpc) is 3.13. The van der Waals surface area contributed by atoms with E-state index in [9.17, 15) is 4.79 Å². The molecule has 0 radical (unpaired) electrons. The highest BCUT2D eigenvalue weighted by Crippen LogP contribution is 2.25. The molecule has 0 aliphatic carbocycles. The molecule has 0 unspecified atom stereocenters. The van der Waals surface area contributed by atoms with E-state index in [0.29, 0.717) is 13.2 Å². The van der Waals surface area contributed by atoms with Gasteiger partial charge in [-0.25, -0.2) is 0 Å². The van der Waals surface area contributed by atoms with E-state index in [0.717, 1.165) is 33.5 Å². The fourth-order valence-corrected chi connectivity index (χ4v) is 3.30. The maximum atomic E-state index is 12.5. The van der Waals surface area contributed by atoms with Crippen LogP contribution in [0.5, 0.6) is 5.75 Å². The maximum Gasteiger partial charge on any atom is 0.224 e. The minimum Gasteiger partial charge on any atom is -0.487 e. The van der Waals surface area contributed by atoms with Gasteiger partial charge >= 0.3 is 0 Å². The Morgan fingerprint density at radius 1 is 1.07 bits per heavy atom. The van der Waals surface area contributed by atoms with Gasteiger partial charge in [-0.15, -0.1) is 0 Å². The molecular weight excluding hydrogens is 376 g/mol. The Morgan fingerprint density at radius 2 is 1.93 bits per heavy atom. The molecule has 0 saturated carbocycles. The molecule has 5 nitrogen and oxygen atoms in total. The molecule has 0 aliphatic rings. The van der Waals surface area contributed by atoms with Crippen molar-refractivity contribution in [3.8, 4) is 5.75 Å². The van der Waals surface area contributed by atoms with Crippen molar-refractivity contribution < 1.29 is 13.9 Å². The molecule has 2 aromatic carbocycles. The summed E-state index contributed by atoms with van der Waals surface area (Å²) in [6.45, 7) is 4.96. The summed E-state index contributed by atoms with van der Waals surface area (Å²) in [6.07, 6.45) is 3.71. The second-order valence-corrected chi connectivity index (χ2v) is 7.40. The number of hydrogen-bond donors (Lipinski definition) is 1. The minimum atomic E-state index is -0.0456. The lowest BCUT2D eigenvalue weighted by Crippen LogP contribution is -2.24. The van der Waals surface area contributed by atoms with E-state index in [1.807, 2.05) is 48.5 Å². The van der Waals surface area contributed by atoms with Crippen LogP contribution in [0.15, 0.2) is 71.5 Å². The van der Waals surface area contributed by atoms with Gasteiger partial charge in [-0.2, -0.15) is 0 Å². The lowest BCUT2D eigenvalue weighted by atomic mass is 10.0. The van der Waals surface area contributed by atoms with Crippen LogP contribution >= 0.6 is 0 Å². The zero-order chi connectivity index (χ0) is 20.9. The van der Waals surface area contributed by atoms with Crippen molar-refractivity contribution in [1.29, 1.82) is 0 Å². The second-order valence-electron chi connectivity index (χ2n) is 7.40. The molecule has 1 N–H and O–H groups in total. The summed E-state index contributed by atoms with van der Waals surface area (Å²) in [5, 5.41) is 3.98. The molecule has 0 saturated heterocycles. The van der Waals surface area contributed by atoms with Crippen LogP contribution < -0.4 is 10.1 Å². The van der Waals surface area contributed by atoms with Gasteiger partial charge in [0, 0.05) is 23.7 Å². The van der Waals surface area contributed by atoms with Crippen LogP contribution in [0, 0.1) is 13.8 Å². The zero-order valence-corrected chi connectivity index (χ0v) is 17.1. The summed E-state index contributed by atoms with van der Waals surface area (Å²) in [5.74, 6) is 0.704. The molecule has 5 heteroatoms. The molecule has 4 aromatic rings. The first-order valence-electron chi connectivity index (χ1n) is 9.94. The summed E-state index contributed by atoms with van der Waals surface area (Å²) in [5.41, 5.74) is 5.93. The Hall–Kier alpha value is -3.60. The summed E-state index contributed by atoms with van der Waals surface area (Å²) in [6, 6.07) is 17.6. The number of aromatic nitrogens is 1. The number of aryl methyl sites for hydroxylation is 2. The molecular formula is C25H24N2O3. The van der Waals surface area contributed by atoms with E-state index in [4.69, 9.17) is 9.15 Å². The van der Waals surface area contributed by atoms with Gasteiger partial charge < -0.3 is 14.5 Å². The third-order valence-corrected chi connectivity index (χ3v) is 5.12. The number of nitrogens with one attached hydrogen (secondary N) is 1. The van der Waals surface area contributed by atoms with Crippen LogP contribution in [0.4, 0.5) is 0 Å². The minimum absolute atomic E-state index is 0.0456. The second kappa shape index (κ2) is 8.82. The number of pyridine rings is 1. The number of carbonyl (C=O) groups is 1. The number of rotatable bonds is 7. The predicted molar refractivity (Wildman–Crippen MR) is 116 cm³/mol. The standard InChI is InChI=1S/C25H24N2O3/c1-17-10-23-20(15-30-24(23)11-18(17)2)13-25(28)27-14-19-6-5-8-22(12-19)29-16-21-7-3-4-9-26-21/h3-12,15H,13-14,16H2,1-2H3,(H,27,28). The number of carbonyl (C=O) groups excluding carboxylic acids is 1. The van der Waals surface area contributed by atoms with Gasteiger partial charge in [-0.3, -0.25) is 9.78 Å². The normalized spacial score (nSPS) is 10.9. The van der Waals surface area contributed by atoms with Crippen LogP contribution in [0.1, 0.15) is 27.9 Å². The van der Waals surface area contributed by atoms with E-state index < -0.39 is 0 Å². The Balaban J connectivity index is 1.34. The van der Waals surface area contributed by atoms with E-state index in [1.54, 1.807) is 12.5 Å². The Labute approximate surface area is 175 Å². The van der Waals surface area contributed by atoms with Crippen molar-refractivity contribution in [3.05, 3.63) is 95.0 Å². The first-order chi connectivity index (χ1) is 14.6. The molecule has 0 fully saturated rings. The maximum absolute atomic E-state index is 12.5. The largest absolute Gasteiger partial charge is 0.487 e. The monoisotopic (exact) mass is 400 g/mol. The van der Waals surface area contributed by atoms with E-state index in [1.165, 1.54) is 11.1 Å². The fourth-order valence-electron chi connectivity index (χ4n) is 3.30. The Bertz CT molecular complexity index is 1170. The van der Waals surface area contributed by atoms with Crippen molar-refractivity contribution in [2.75, 3.05) is 0 Å². The molecule has 0 spiro atoms. The average molecular weight is 400 g/mol. The molecule has 1 amide bonds. The van der Waals surface area contributed by atoms with Crippen LogP contribution in [0.3, 0.4) is 0 Å². The summed E-state index contributed by atoms with van der Waals surface area (Å²) < 4.78 is 11.4. The van der Waals surface area contributed by atoms with Crippen LogP contribution in [0.25, 0.3) is 11.0 Å². The van der Waals surface area contributed by atoms with Crippen molar-refractivity contribution in [2.45, 2.75) is 33.4 Å². The molecule has 30 heavy (non-hydrogen) atoms. The Kier molecular flexibility index (Phi) is 5.80. The van der Waals surface area contributed by atoms with Crippen molar-refractivity contribution in [1.82, 2.24) is 10.3 Å². The molecule has 2 aromatic heterocycles. The molecule has 0 atom stereocenters. The number of amides is 1. The van der Waals surface area contributed by atoms with Gasteiger partial charge in [0.1, 0.15) is 17.9 Å². The van der Waals surface area contributed by atoms with Crippen molar-refractivity contribution >= 4 is 16.9 Å². The quantitative estimate of drug-likeness (QED) is 0.480. The first kappa shape index (κ1) is 19.7. The highest BCUT2D eigenvalue weighted by Gasteiger charge is 2.12. The number of nitrogens with zero attached hydrogens (tertiary/aromatic N) is 1. The van der Waals surface area contributed by atoms with Crippen molar-refractivity contribution in [2.24, 2.45) is 0 Å². The topological polar surface area (TPSA) is 64.4 Å². The van der Waals surface area contributed by atoms with E-state index >= 15 is 0 Å². The lowest BCUT2D eigenvalue weighted by Gasteiger charge is -2.09. The van der Waals surface area contributed by atoms with Crippen LogP contribution in [-0.2, 0) is 24.4 Å². The number of furan rings is 1. The van der Waals surface area contributed by atoms with Crippen LogP contribution in [0.2, 0.25) is 0 Å². The van der Waals surface area contributed by atoms with Crippen LogP contribution in [-0.4, -0.2) is 10.9 Å². The van der Waals surface area contributed by atoms with Gasteiger partial charge in [0.15, 0.2) is 0 Å². The highest BCUT2D eigenvalue weighted by atomic mass is 16.5. The smallest absolute Gasteiger partial charge is 0.224 e. The van der Waals surface area contributed by atoms with Gasteiger partial charge in [-0.1, -0.05) is 18.2 Å². The van der Waals surface area contributed by atoms with Gasteiger partial charge in [-0.05, 0) is 66.9 Å². The summed E-state index contributed by atoms with van der Waals surface area (Å²) >= 11 is 0. The summed E-state index contributed by atoms with van der Waals surface area (Å²) in [7, 11) is 0. The molecule has 0 aliphatic heterocycles. The third kappa shape index (κ3) is 4.69. The zero-order valence-electron chi connectivity index (χ0n) is 17.1.